The number of nitrogens with one attached hydrogen (secondary N) is 1. The van der Waals surface area contributed by atoms with Gasteiger partial charge in [-0.3, -0.25) is 4.79 Å². The maximum atomic E-state index is 12.3. The summed E-state index contributed by atoms with van der Waals surface area (Å²) < 4.78 is 10.6. The summed E-state index contributed by atoms with van der Waals surface area (Å²) in [6.45, 7) is 4.67. The highest BCUT2D eigenvalue weighted by molar-refractivity contribution is 7.13. The third kappa shape index (κ3) is 7.47. The monoisotopic (exact) mass is 449 g/mol. The molecule has 0 radical (unpaired) electrons. The normalized spacial score (nSPS) is 11.2. The van der Waals surface area contributed by atoms with Crippen molar-refractivity contribution in [2.45, 2.75) is 32.7 Å². The predicted octanol–water partition coefficient (Wildman–Crippen LogP) is 3.70. The molecule has 2 rings (SSSR count). The molecule has 1 unspecified atom stereocenters. The number of thiazole rings is 1. The molecule has 1 amide bonds. The first-order valence-corrected chi connectivity index (χ1v) is 9.51. The molecule has 28 heavy (non-hydrogen) atoms. The van der Waals surface area contributed by atoms with Gasteiger partial charge in [-0.1, -0.05) is 13.8 Å². The molecule has 3 N–H and O–H groups in total. The lowest BCUT2D eigenvalue weighted by Crippen LogP contribution is -2.41. The van der Waals surface area contributed by atoms with E-state index in [2.05, 4.69) is 24.1 Å². The molecule has 6 nitrogen and oxygen atoms in total. The topological polar surface area (TPSA) is 86.5 Å². The van der Waals surface area contributed by atoms with Crippen LogP contribution in [-0.2, 0) is 11.2 Å². The molecule has 0 saturated carbocycles. The van der Waals surface area contributed by atoms with Crippen molar-refractivity contribution in [3.63, 3.8) is 0 Å². The summed E-state index contributed by atoms with van der Waals surface area (Å²) in [4.78, 5) is 16.8. The Morgan fingerprint density at radius 1 is 1.21 bits per heavy atom. The van der Waals surface area contributed by atoms with E-state index in [9.17, 15) is 4.79 Å². The first kappa shape index (κ1) is 26.5. The van der Waals surface area contributed by atoms with Gasteiger partial charge in [-0.05, 0) is 30.5 Å². The Labute approximate surface area is 183 Å². The van der Waals surface area contributed by atoms with Gasteiger partial charge in [0.2, 0.25) is 5.91 Å². The van der Waals surface area contributed by atoms with Crippen LogP contribution in [0.15, 0.2) is 23.6 Å². The highest BCUT2D eigenvalue weighted by atomic mass is 35.5. The van der Waals surface area contributed by atoms with Crippen molar-refractivity contribution in [3.05, 3.63) is 29.3 Å². The van der Waals surface area contributed by atoms with Crippen molar-refractivity contribution in [2.24, 2.45) is 11.7 Å². The van der Waals surface area contributed by atoms with Crippen LogP contribution in [0.2, 0.25) is 0 Å². The Morgan fingerprint density at radius 3 is 2.46 bits per heavy atom. The van der Waals surface area contributed by atoms with Crippen molar-refractivity contribution in [1.29, 1.82) is 0 Å². The number of ether oxygens (including phenoxy) is 2. The van der Waals surface area contributed by atoms with Crippen molar-refractivity contribution in [1.82, 2.24) is 10.3 Å². The van der Waals surface area contributed by atoms with Crippen LogP contribution in [0.25, 0.3) is 10.6 Å². The highest BCUT2D eigenvalue weighted by Crippen LogP contribution is 2.33. The third-order valence-electron chi connectivity index (χ3n) is 3.93. The van der Waals surface area contributed by atoms with Gasteiger partial charge in [0.15, 0.2) is 11.5 Å². The number of methoxy groups -OCH3 is 2. The van der Waals surface area contributed by atoms with E-state index in [0.29, 0.717) is 24.0 Å². The predicted molar refractivity (Wildman–Crippen MR) is 119 cm³/mol. The van der Waals surface area contributed by atoms with E-state index >= 15 is 0 Å². The zero-order chi connectivity index (χ0) is 19.1. The van der Waals surface area contributed by atoms with Crippen molar-refractivity contribution in [2.75, 3.05) is 20.8 Å². The van der Waals surface area contributed by atoms with Crippen LogP contribution in [0.3, 0.4) is 0 Å². The molecule has 1 atom stereocenters. The van der Waals surface area contributed by atoms with Crippen LogP contribution >= 0.6 is 36.2 Å². The van der Waals surface area contributed by atoms with Gasteiger partial charge < -0.3 is 20.5 Å². The van der Waals surface area contributed by atoms with E-state index < -0.39 is 0 Å². The Kier molecular flexibility index (Phi) is 12.1. The van der Waals surface area contributed by atoms with Gasteiger partial charge in [-0.25, -0.2) is 4.98 Å². The maximum Gasteiger partial charge on any atom is 0.226 e. The zero-order valence-electron chi connectivity index (χ0n) is 16.6. The summed E-state index contributed by atoms with van der Waals surface area (Å²) in [6.07, 6.45) is 1.12. The number of nitrogens with two attached hydrogens (primary N) is 1. The minimum absolute atomic E-state index is 0. The molecule has 0 aliphatic carbocycles. The molecule has 1 aromatic heterocycles. The number of hydrogen-bond acceptors (Lipinski definition) is 6. The Hall–Kier alpha value is -1.54. The molecule has 1 aromatic carbocycles. The summed E-state index contributed by atoms with van der Waals surface area (Å²) in [6, 6.07) is 5.66. The SMILES string of the molecule is COc1ccc(-c2nc(CC(=O)NC(CN)CC(C)C)cs2)cc1OC.Cl.Cl. The average Bonchev–Trinajstić information content (AvgIpc) is 3.08. The number of carbonyl (C=O) groups excluding carboxylic acids is 1. The second kappa shape index (κ2) is 12.8. The second-order valence-corrected chi connectivity index (χ2v) is 7.38. The van der Waals surface area contributed by atoms with Gasteiger partial charge >= 0.3 is 0 Å². The van der Waals surface area contributed by atoms with E-state index in [1.165, 1.54) is 11.3 Å². The molecule has 0 saturated heterocycles. The van der Waals surface area contributed by atoms with E-state index in [0.717, 1.165) is 22.7 Å². The van der Waals surface area contributed by atoms with Crippen molar-refractivity contribution in [3.8, 4) is 22.1 Å². The fraction of sp³-hybridized carbons (Fsp3) is 0.474. The van der Waals surface area contributed by atoms with Crippen molar-refractivity contribution < 1.29 is 14.3 Å². The molecule has 0 fully saturated rings. The van der Waals surface area contributed by atoms with Gasteiger partial charge in [-0.15, -0.1) is 36.2 Å². The average molecular weight is 450 g/mol. The first-order chi connectivity index (χ1) is 12.5. The Morgan fingerprint density at radius 2 is 1.89 bits per heavy atom. The fourth-order valence-corrected chi connectivity index (χ4v) is 3.53. The lowest BCUT2D eigenvalue weighted by molar-refractivity contribution is -0.121. The molecule has 9 heteroatoms. The van der Waals surface area contributed by atoms with E-state index in [1.54, 1.807) is 14.2 Å². The quantitative estimate of drug-likeness (QED) is 0.609. The number of nitrogens with zero attached hydrogens (tertiary/aromatic N) is 1. The smallest absolute Gasteiger partial charge is 0.226 e. The zero-order valence-corrected chi connectivity index (χ0v) is 19.0. The molecule has 0 aliphatic heterocycles. The molecule has 0 spiro atoms. The van der Waals surface area contributed by atoms with Crippen LogP contribution in [0.5, 0.6) is 11.5 Å². The second-order valence-electron chi connectivity index (χ2n) is 6.52. The van der Waals surface area contributed by atoms with Crippen LogP contribution in [0.1, 0.15) is 26.0 Å². The Bertz CT molecular complexity index is 741. The lowest BCUT2D eigenvalue weighted by atomic mass is 10.0. The Balaban J connectivity index is 0.00000364. The van der Waals surface area contributed by atoms with E-state index in [1.807, 2.05) is 23.6 Å². The van der Waals surface area contributed by atoms with E-state index in [4.69, 9.17) is 15.2 Å². The van der Waals surface area contributed by atoms with Crippen molar-refractivity contribution >= 4 is 42.1 Å². The van der Waals surface area contributed by atoms with E-state index in [-0.39, 0.29) is 43.2 Å². The molecule has 158 valence electrons. The number of rotatable bonds is 9. The minimum Gasteiger partial charge on any atom is -0.493 e. The molecular weight excluding hydrogens is 421 g/mol. The van der Waals surface area contributed by atoms with Gasteiger partial charge in [0.25, 0.3) is 0 Å². The largest absolute Gasteiger partial charge is 0.493 e. The number of carbonyl (C=O) groups is 1. The molecule has 0 bridgehead atoms. The highest BCUT2D eigenvalue weighted by Gasteiger charge is 2.15. The van der Waals surface area contributed by atoms with Crippen LogP contribution in [0, 0.1) is 5.92 Å². The van der Waals surface area contributed by atoms with Gasteiger partial charge in [0.05, 0.1) is 26.3 Å². The van der Waals surface area contributed by atoms with Crippen LogP contribution in [0.4, 0.5) is 0 Å². The number of halogens is 2. The van der Waals surface area contributed by atoms with Crippen LogP contribution < -0.4 is 20.5 Å². The number of benzene rings is 1. The summed E-state index contributed by atoms with van der Waals surface area (Å²) in [5.74, 6) is 1.76. The fourth-order valence-electron chi connectivity index (χ4n) is 2.72. The molecule has 2 aromatic rings. The molecule has 1 heterocycles. The van der Waals surface area contributed by atoms with Gasteiger partial charge in [0, 0.05) is 23.5 Å². The van der Waals surface area contributed by atoms with Gasteiger partial charge in [-0.2, -0.15) is 0 Å². The first-order valence-electron chi connectivity index (χ1n) is 8.63. The van der Waals surface area contributed by atoms with Crippen LogP contribution in [-0.4, -0.2) is 37.7 Å². The number of aromatic nitrogens is 1. The maximum absolute atomic E-state index is 12.3. The van der Waals surface area contributed by atoms with Gasteiger partial charge in [0.1, 0.15) is 5.01 Å². The standard InChI is InChI=1S/C19H27N3O3S.2ClH/c1-12(2)7-14(10-20)21-18(23)9-15-11-26-19(22-15)13-5-6-16(24-3)17(8-13)25-4;;/h5-6,8,11-12,14H,7,9-10,20H2,1-4H3,(H,21,23);2*1H. The summed E-state index contributed by atoms with van der Waals surface area (Å²) in [5.41, 5.74) is 7.42. The molecule has 0 aliphatic rings. The third-order valence-corrected chi connectivity index (χ3v) is 4.87. The summed E-state index contributed by atoms with van der Waals surface area (Å²) in [7, 11) is 3.20. The number of hydrogen-bond donors (Lipinski definition) is 2. The summed E-state index contributed by atoms with van der Waals surface area (Å²) in [5, 5.41) is 5.74. The minimum atomic E-state index is -0.0507. The lowest BCUT2D eigenvalue weighted by Gasteiger charge is -2.18. The summed E-state index contributed by atoms with van der Waals surface area (Å²) >= 11 is 1.50. The number of amides is 1. The molecular formula is C19H29Cl2N3O3S.